The maximum Gasteiger partial charge on any atom is 0.343 e. The van der Waals surface area contributed by atoms with Gasteiger partial charge in [-0.15, -0.1) is 0 Å². The Hall–Kier alpha value is -2.03. The van der Waals surface area contributed by atoms with E-state index >= 15 is 0 Å². The zero-order valence-electron chi connectivity index (χ0n) is 11.5. The smallest absolute Gasteiger partial charge is 0.342 e. The highest BCUT2D eigenvalue weighted by Gasteiger charge is 2.17. The summed E-state index contributed by atoms with van der Waals surface area (Å²) >= 11 is 0.770. The van der Waals surface area contributed by atoms with Crippen molar-refractivity contribution in [3.05, 3.63) is 21.1 Å². The van der Waals surface area contributed by atoms with Crippen LogP contribution in [0.4, 0.5) is 5.00 Å². The molecule has 0 aliphatic carbocycles. The second-order valence-electron chi connectivity index (χ2n) is 3.93. The maximum absolute atomic E-state index is 12.0. The van der Waals surface area contributed by atoms with Crippen LogP contribution in [0.3, 0.4) is 0 Å². The Bertz CT molecular complexity index is 585. The second-order valence-corrected chi connectivity index (χ2v) is 4.92. The molecule has 110 valence electrons. The number of hydrogen-bond donors (Lipinski definition) is 0. The number of amides is 2. The molecule has 0 saturated heterocycles. The van der Waals surface area contributed by atoms with Crippen LogP contribution in [0, 0.1) is 10.1 Å². The molecule has 0 aliphatic heterocycles. The molecule has 9 heteroatoms. The normalized spacial score (nSPS) is 11.4. The van der Waals surface area contributed by atoms with Crippen molar-refractivity contribution in [3.8, 4) is 0 Å². The van der Waals surface area contributed by atoms with Crippen LogP contribution in [0.1, 0.15) is 20.8 Å². The summed E-state index contributed by atoms with van der Waals surface area (Å²) < 4.78 is 1.34. The first-order valence-electron chi connectivity index (χ1n) is 6.06. The highest BCUT2D eigenvalue weighted by atomic mass is 32.1. The monoisotopic (exact) mass is 300 g/mol. The van der Waals surface area contributed by atoms with E-state index in [9.17, 15) is 19.7 Å². The summed E-state index contributed by atoms with van der Waals surface area (Å²) in [5.41, 5.74) is 0. The van der Waals surface area contributed by atoms with Gasteiger partial charge in [-0.05, 0) is 25.2 Å². The summed E-state index contributed by atoms with van der Waals surface area (Å²) in [4.78, 5) is 38.7. The molecule has 0 spiro atoms. The molecule has 0 unspecified atom stereocenters. The van der Waals surface area contributed by atoms with Gasteiger partial charge in [-0.25, -0.2) is 0 Å². The minimum Gasteiger partial charge on any atom is -0.342 e. The number of rotatable bonds is 5. The van der Waals surface area contributed by atoms with Gasteiger partial charge < -0.3 is 9.47 Å². The molecule has 0 aliphatic rings. The predicted molar refractivity (Wildman–Crippen MR) is 73.1 cm³/mol. The zero-order chi connectivity index (χ0) is 15.3. The fraction of sp³-hybridized carbons (Fsp3) is 0.545. The van der Waals surface area contributed by atoms with Crippen LogP contribution in [-0.4, -0.2) is 39.3 Å². The van der Waals surface area contributed by atoms with Gasteiger partial charge in [0.05, 0.1) is 11.1 Å². The van der Waals surface area contributed by atoms with Gasteiger partial charge in [0, 0.05) is 20.0 Å². The number of carbonyl (C=O) groups excluding carboxylic acids is 2. The molecule has 0 aromatic carbocycles. The van der Waals surface area contributed by atoms with Crippen molar-refractivity contribution in [1.29, 1.82) is 0 Å². The van der Waals surface area contributed by atoms with Crippen molar-refractivity contribution < 1.29 is 14.5 Å². The molecule has 0 radical (unpaired) electrons. The fourth-order valence-electron chi connectivity index (χ4n) is 1.61. The second kappa shape index (κ2) is 6.94. The quantitative estimate of drug-likeness (QED) is 0.592. The number of nitrogens with zero attached hydrogens (tertiary/aromatic N) is 4. The molecule has 0 fully saturated rings. The molecule has 1 heterocycles. The van der Waals surface area contributed by atoms with Gasteiger partial charge >= 0.3 is 5.00 Å². The Morgan fingerprint density at radius 2 is 2.05 bits per heavy atom. The van der Waals surface area contributed by atoms with Gasteiger partial charge in [-0.1, -0.05) is 0 Å². The van der Waals surface area contributed by atoms with Crippen molar-refractivity contribution in [1.82, 2.24) is 9.47 Å². The summed E-state index contributed by atoms with van der Waals surface area (Å²) in [5, 5.41) is 10.6. The number of aromatic nitrogens is 1. The third kappa shape index (κ3) is 3.98. The summed E-state index contributed by atoms with van der Waals surface area (Å²) in [6.45, 7) is 5.99. The Kier molecular flexibility index (Phi) is 5.56. The molecule has 0 saturated carbocycles. The van der Waals surface area contributed by atoms with Gasteiger partial charge in [0.1, 0.15) is 6.54 Å². The van der Waals surface area contributed by atoms with Crippen LogP contribution in [0.15, 0.2) is 11.2 Å². The third-order valence-electron chi connectivity index (χ3n) is 2.56. The van der Waals surface area contributed by atoms with Crippen LogP contribution < -0.4 is 4.80 Å². The number of nitro groups is 1. The van der Waals surface area contributed by atoms with Gasteiger partial charge in [0.15, 0.2) is 4.80 Å². The van der Waals surface area contributed by atoms with E-state index in [2.05, 4.69) is 4.99 Å². The van der Waals surface area contributed by atoms with Crippen LogP contribution in [0.5, 0.6) is 0 Å². The van der Waals surface area contributed by atoms with Gasteiger partial charge in [-0.3, -0.25) is 19.7 Å². The largest absolute Gasteiger partial charge is 0.343 e. The van der Waals surface area contributed by atoms with Crippen molar-refractivity contribution in [2.24, 2.45) is 4.99 Å². The maximum atomic E-state index is 12.0. The number of thiazole rings is 1. The first-order chi connectivity index (χ1) is 9.38. The molecular formula is C11H16N4O4S. The van der Waals surface area contributed by atoms with Gasteiger partial charge in [0.2, 0.25) is 11.8 Å². The summed E-state index contributed by atoms with van der Waals surface area (Å²) in [7, 11) is 0. The number of likely N-dealkylation sites (N-methyl/N-ethyl adjacent to an activating group) is 1. The Balaban J connectivity index is 3.13. The first-order valence-corrected chi connectivity index (χ1v) is 6.88. The lowest BCUT2D eigenvalue weighted by molar-refractivity contribution is -0.380. The topological polar surface area (TPSA) is 97.8 Å². The molecule has 1 aromatic heterocycles. The van der Waals surface area contributed by atoms with E-state index in [1.807, 2.05) is 13.8 Å². The molecule has 0 atom stereocenters. The molecule has 1 rings (SSSR count). The molecule has 8 nitrogen and oxygen atoms in total. The molecule has 20 heavy (non-hydrogen) atoms. The standard InChI is InChI=1S/C11H16N4O4S/c1-4-13(5-2)9(17)6-14-7-10(15(18)19)20-11(14)12-8(3)16/h7H,4-6H2,1-3H3. The minimum atomic E-state index is -0.567. The molecule has 2 amide bonds. The van der Waals surface area contributed by atoms with Gasteiger partial charge in [-0.2, -0.15) is 4.99 Å². The predicted octanol–water partition coefficient (Wildman–Crippen LogP) is 0.773. The van der Waals surface area contributed by atoms with E-state index < -0.39 is 10.8 Å². The molecule has 0 bridgehead atoms. The van der Waals surface area contributed by atoms with Crippen molar-refractivity contribution in [2.75, 3.05) is 13.1 Å². The number of hydrogen-bond acceptors (Lipinski definition) is 5. The average Bonchev–Trinajstić information content (AvgIpc) is 2.73. The van der Waals surface area contributed by atoms with Crippen LogP contribution in [0.25, 0.3) is 0 Å². The first kappa shape index (κ1) is 16.0. The van der Waals surface area contributed by atoms with Crippen LogP contribution >= 0.6 is 11.3 Å². The van der Waals surface area contributed by atoms with E-state index in [4.69, 9.17) is 0 Å². The Labute approximate surface area is 119 Å². The molecule has 0 N–H and O–H groups in total. The van der Waals surface area contributed by atoms with Crippen LogP contribution in [0.2, 0.25) is 0 Å². The summed E-state index contributed by atoms with van der Waals surface area (Å²) in [6.07, 6.45) is 1.23. The van der Waals surface area contributed by atoms with Crippen molar-refractivity contribution in [3.63, 3.8) is 0 Å². The lowest BCUT2D eigenvalue weighted by Crippen LogP contribution is -2.35. The Morgan fingerprint density at radius 3 is 2.50 bits per heavy atom. The van der Waals surface area contributed by atoms with Crippen molar-refractivity contribution >= 4 is 28.2 Å². The molecule has 1 aromatic rings. The number of carbonyl (C=O) groups is 2. The van der Waals surface area contributed by atoms with E-state index in [0.717, 1.165) is 11.3 Å². The fourth-order valence-corrected chi connectivity index (χ4v) is 2.46. The van der Waals surface area contributed by atoms with Crippen LogP contribution in [-0.2, 0) is 16.1 Å². The summed E-state index contributed by atoms with van der Waals surface area (Å²) in [6, 6.07) is 0. The van der Waals surface area contributed by atoms with E-state index in [1.54, 1.807) is 4.90 Å². The average molecular weight is 300 g/mol. The lowest BCUT2D eigenvalue weighted by Gasteiger charge is -2.18. The van der Waals surface area contributed by atoms with E-state index in [-0.39, 0.29) is 22.3 Å². The minimum absolute atomic E-state index is 0.0713. The van der Waals surface area contributed by atoms with E-state index in [0.29, 0.717) is 13.1 Å². The molecular weight excluding hydrogens is 284 g/mol. The third-order valence-corrected chi connectivity index (χ3v) is 3.53. The van der Waals surface area contributed by atoms with Gasteiger partial charge in [0.25, 0.3) is 0 Å². The SMILES string of the molecule is CCN(CC)C(=O)Cn1cc([N+](=O)[O-])sc1=NC(C)=O. The van der Waals surface area contributed by atoms with E-state index in [1.165, 1.54) is 17.7 Å². The summed E-state index contributed by atoms with van der Waals surface area (Å²) in [5.74, 6) is -0.640. The zero-order valence-corrected chi connectivity index (χ0v) is 12.3. The highest BCUT2D eigenvalue weighted by molar-refractivity contribution is 7.12. The van der Waals surface area contributed by atoms with Crippen molar-refractivity contribution in [2.45, 2.75) is 27.3 Å². The Morgan fingerprint density at radius 1 is 1.45 bits per heavy atom. The lowest BCUT2D eigenvalue weighted by atomic mass is 10.4. The highest BCUT2D eigenvalue weighted by Crippen LogP contribution is 2.14.